The predicted octanol–water partition coefficient (Wildman–Crippen LogP) is 1.00. The maximum absolute atomic E-state index is 12.1. The number of rotatable bonds is 4. The third-order valence-corrected chi connectivity index (χ3v) is 5.04. The van der Waals surface area contributed by atoms with Gasteiger partial charge in [0.1, 0.15) is 12.4 Å². The third kappa shape index (κ3) is 3.82. The zero-order valence-corrected chi connectivity index (χ0v) is 14.7. The van der Waals surface area contributed by atoms with Crippen molar-refractivity contribution in [2.45, 2.75) is 13.5 Å². The minimum absolute atomic E-state index is 0.00998. The Kier molecular flexibility index (Phi) is 4.96. The van der Waals surface area contributed by atoms with Crippen LogP contribution in [0, 0.1) is 6.92 Å². The number of carbonyl (C=O) groups excluding carboxylic acids is 1. The molecule has 2 aromatic heterocycles. The number of nitrogens with one attached hydrogen (secondary N) is 1. The van der Waals surface area contributed by atoms with Crippen molar-refractivity contribution >= 4 is 28.7 Å². The molecule has 2 aromatic rings. The molecule has 1 aliphatic rings. The fraction of sp³-hybridized carbons (Fsp3) is 0.438. The lowest BCUT2D eigenvalue weighted by Gasteiger charge is -2.33. The lowest BCUT2D eigenvalue weighted by atomic mass is 10.3. The average molecular weight is 347 g/mol. The molecule has 24 heavy (non-hydrogen) atoms. The maximum atomic E-state index is 12.1. The second-order valence-corrected chi connectivity index (χ2v) is 6.79. The number of piperazine rings is 1. The molecule has 128 valence electrons. The van der Waals surface area contributed by atoms with Gasteiger partial charge in [-0.05, 0) is 26.1 Å². The Morgan fingerprint density at radius 1 is 1.29 bits per heavy atom. The van der Waals surface area contributed by atoms with Crippen molar-refractivity contribution in [3.8, 4) is 0 Å². The third-order valence-electron chi connectivity index (χ3n) is 4.16. The molecule has 0 spiro atoms. The molecule has 3 rings (SSSR count). The normalized spacial score (nSPS) is 15.5. The van der Waals surface area contributed by atoms with Crippen LogP contribution in [0.3, 0.4) is 0 Å². The number of anilines is 2. The van der Waals surface area contributed by atoms with Gasteiger partial charge in [-0.3, -0.25) is 14.2 Å². The van der Waals surface area contributed by atoms with Crippen molar-refractivity contribution in [3.63, 3.8) is 0 Å². The first-order chi connectivity index (χ1) is 11.5. The second kappa shape index (κ2) is 7.14. The van der Waals surface area contributed by atoms with Gasteiger partial charge in [-0.1, -0.05) is 11.3 Å². The van der Waals surface area contributed by atoms with Crippen LogP contribution in [0.1, 0.15) is 5.69 Å². The number of amides is 1. The van der Waals surface area contributed by atoms with Crippen molar-refractivity contribution in [2.75, 3.05) is 43.4 Å². The fourth-order valence-electron chi connectivity index (χ4n) is 2.63. The second-order valence-electron chi connectivity index (χ2n) is 5.97. The van der Waals surface area contributed by atoms with E-state index in [0.29, 0.717) is 5.82 Å². The first-order valence-corrected chi connectivity index (χ1v) is 8.75. The Labute approximate surface area is 144 Å². The number of likely N-dealkylation sites (N-methyl/N-ethyl adjacent to an activating group) is 1. The maximum Gasteiger partial charge on any atom is 0.307 e. The lowest BCUT2D eigenvalue weighted by Crippen LogP contribution is -2.44. The van der Waals surface area contributed by atoms with Crippen LogP contribution < -0.4 is 15.1 Å². The first-order valence-electron chi connectivity index (χ1n) is 7.87. The van der Waals surface area contributed by atoms with Crippen LogP contribution in [0.5, 0.6) is 0 Å². The first kappa shape index (κ1) is 16.7. The number of thiazole rings is 1. The van der Waals surface area contributed by atoms with Gasteiger partial charge in [-0.25, -0.2) is 4.98 Å². The number of aryl methyl sites for hydroxylation is 1. The zero-order chi connectivity index (χ0) is 17.1. The molecule has 1 amide bonds. The molecule has 0 aromatic carbocycles. The standard InChI is InChI=1S/C16H21N5O2S/c1-12-11-24-16(23)21(12)10-15(22)18-14-4-3-13(9-17-14)20-7-5-19(2)6-8-20/h3-4,9,11H,5-8,10H2,1-2H3,(H,17,18,22). The van der Waals surface area contributed by atoms with E-state index in [0.717, 1.165) is 48.9 Å². The molecule has 1 fully saturated rings. The molecular weight excluding hydrogens is 326 g/mol. The van der Waals surface area contributed by atoms with Gasteiger partial charge in [0.05, 0.1) is 11.9 Å². The van der Waals surface area contributed by atoms with Gasteiger partial charge in [-0.2, -0.15) is 0 Å². The summed E-state index contributed by atoms with van der Waals surface area (Å²) in [6, 6.07) is 3.77. The van der Waals surface area contributed by atoms with Crippen molar-refractivity contribution in [3.05, 3.63) is 39.1 Å². The van der Waals surface area contributed by atoms with E-state index in [2.05, 4.69) is 27.1 Å². The summed E-state index contributed by atoms with van der Waals surface area (Å²) in [4.78, 5) is 32.5. The molecule has 0 atom stereocenters. The SMILES string of the molecule is Cc1csc(=O)n1CC(=O)Nc1ccc(N2CCN(C)CC2)cn1. The van der Waals surface area contributed by atoms with E-state index in [-0.39, 0.29) is 17.3 Å². The lowest BCUT2D eigenvalue weighted by molar-refractivity contribution is -0.116. The van der Waals surface area contributed by atoms with Gasteiger partial charge >= 0.3 is 4.87 Å². The van der Waals surface area contributed by atoms with Crippen molar-refractivity contribution in [1.82, 2.24) is 14.5 Å². The molecule has 1 saturated heterocycles. The van der Waals surface area contributed by atoms with E-state index in [1.807, 2.05) is 13.0 Å². The Hall–Kier alpha value is -2.19. The van der Waals surface area contributed by atoms with E-state index in [9.17, 15) is 9.59 Å². The molecule has 7 nitrogen and oxygen atoms in total. The highest BCUT2D eigenvalue weighted by Crippen LogP contribution is 2.16. The Bertz CT molecular complexity index is 760. The van der Waals surface area contributed by atoms with E-state index in [1.165, 1.54) is 4.57 Å². The van der Waals surface area contributed by atoms with Crippen LogP contribution in [0.25, 0.3) is 0 Å². The number of hydrogen-bond acceptors (Lipinski definition) is 6. The van der Waals surface area contributed by atoms with Crippen LogP contribution >= 0.6 is 11.3 Å². The summed E-state index contributed by atoms with van der Waals surface area (Å²) in [5.41, 5.74) is 1.85. The molecule has 0 saturated carbocycles. The molecule has 8 heteroatoms. The van der Waals surface area contributed by atoms with Gasteiger partial charge in [0.2, 0.25) is 5.91 Å². The largest absolute Gasteiger partial charge is 0.368 e. The van der Waals surface area contributed by atoms with E-state index < -0.39 is 0 Å². The van der Waals surface area contributed by atoms with Gasteiger partial charge in [0.25, 0.3) is 0 Å². The number of aromatic nitrogens is 2. The summed E-state index contributed by atoms with van der Waals surface area (Å²) in [6.45, 7) is 5.85. The topological polar surface area (TPSA) is 70.5 Å². The number of carbonyl (C=O) groups is 1. The molecule has 3 heterocycles. The van der Waals surface area contributed by atoms with Crippen LogP contribution in [-0.2, 0) is 11.3 Å². The molecule has 0 bridgehead atoms. The number of nitrogens with zero attached hydrogens (tertiary/aromatic N) is 4. The summed E-state index contributed by atoms with van der Waals surface area (Å²) in [6.07, 6.45) is 1.78. The smallest absolute Gasteiger partial charge is 0.307 e. The van der Waals surface area contributed by atoms with Crippen LogP contribution in [0.4, 0.5) is 11.5 Å². The summed E-state index contributed by atoms with van der Waals surface area (Å²) < 4.78 is 1.46. The summed E-state index contributed by atoms with van der Waals surface area (Å²) in [7, 11) is 2.12. The summed E-state index contributed by atoms with van der Waals surface area (Å²) >= 11 is 1.10. The quantitative estimate of drug-likeness (QED) is 0.894. The molecule has 1 aliphatic heterocycles. The Morgan fingerprint density at radius 3 is 2.62 bits per heavy atom. The summed E-state index contributed by atoms with van der Waals surface area (Å²) in [5, 5.41) is 4.49. The van der Waals surface area contributed by atoms with Crippen molar-refractivity contribution in [2.24, 2.45) is 0 Å². The molecule has 0 radical (unpaired) electrons. The van der Waals surface area contributed by atoms with Crippen LogP contribution in [0.15, 0.2) is 28.5 Å². The van der Waals surface area contributed by atoms with Crippen molar-refractivity contribution in [1.29, 1.82) is 0 Å². The molecular formula is C16H21N5O2S. The average Bonchev–Trinajstić information content (AvgIpc) is 2.88. The van der Waals surface area contributed by atoms with Crippen LogP contribution in [-0.4, -0.2) is 53.6 Å². The highest BCUT2D eigenvalue weighted by Gasteiger charge is 2.15. The number of hydrogen-bond donors (Lipinski definition) is 1. The van der Waals surface area contributed by atoms with E-state index in [4.69, 9.17) is 0 Å². The Morgan fingerprint density at radius 2 is 2.04 bits per heavy atom. The van der Waals surface area contributed by atoms with Crippen LogP contribution in [0.2, 0.25) is 0 Å². The molecule has 0 unspecified atom stereocenters. The minimum atomic E-state index is -0.251. The zero-order valence-electron chi connectivity index (χ0n) is 13.9. The molecule has 1 N–H and O–H groups in total. The van der Waals surface area contributed by atoms with Crippen molar-refractivity contribution < 1.29 is 4.79 Å². The van der Waals surface area contributed by atoms with Gasteiger partial charge in [0, 0.05) is 37.3 Å². The highest BCUT2D eigenvalue weighted by atomic mass is 32.1. The monoisotopic (exact) mass is 347 g/mol. The number of pyridine rings is 1. The highest BCUT2D eigenvalue weighted by molar-refractivity contribution is 7.07. The fourth-order valence-corrected chi connectivity index (χ4v) is 3.37. The van der Waals surface area contributed by atoms with E-state index >= 15 is 0 Å². The Balaban J connectivity index is 1.60. The van der Waals surface area contributed by atoms with Gasteiger partial charge in [0.15, 0.2) is 0 Å². The minimum Gasteiger partial charge on any atom is -0.368 e. The van der Waals surface area contributed by atoms with Gasteiger partial charge < -0.3 is 15.1 Å². The molecule has 0 aliphatic carbocycles. The van der Waals surface area contributed by atoms with Gasteiger partial charge in [-0.15, -0.1) is 0 Å². The summed E-state index contributed by atoms with van der Waals surface area (Å²) in [5.74, 6) is 0.247. The van der Waals surface area contributed by atoms with E-state index in [1.54, 1.807) is 17.6 Å². The predicted molar refractivity (Wildman–Crippen MR) is 95.9 cm³/mol.